The van der Waals surface area contributed by atoms with Crippen molar-refractivity contribution in [2.75, 3.05) is 0 Å². The van der Waals surface area contributed by atoms with Crippen LogP contribution in [-0.4, -0.2) is 4.57 Å². The molecule has 0 unspecified atom stereocenters. The Labute approximate surface area is 141 Å². The first kappa shape index (κ1) is 13.0. The Kier molecular flexibility index (Phi) is 2.67. The second-order valence-electron chi connectivity index (χ2n) is 5.59. The molecule has 2 aromatic heterocycles. The molecule has 3 heteroatoms. The van der Waals surface area contributed by atoms with Gasteiger partial charge in [-0.2, -0.15) is 0 Å². The second kappa shape index (κ2) is 4.74. The Balaban J connectivity index is 2.09. The summed E-state index contributed by atoms with van der Waals surface area (Å²) in [6.07, 6.45) is 0. The zero-order chi connectivity index (χ0) is 15.4. The van der Waals surface area contributed by atoms with Crippen LogP contribution < -0.4 is 0 Å². The van der Waals surface area contributed by atoms with E-state index in [1.807, 2.05) is 30.3 Å². The molecule has 2 heterocycles. The molecule has 0 aliphatic heterocycles. The average Bonchev–Trinajstić information content (AvgIpc) is 3.11. The van der Waals surface area contributed by atoms with Crippen LogP contribution in [0.2, 0.25) is 0 Å². The van der Waals surface area contributed by atoms with Crippen molar-refractivity contribution in [1.29, 1.82) is 0 Å². The lowest BCUT2D eigenvalue weighted by Gasteiger charge is -2.07. The van der Waals surface area contributed by atoms with Crippen LogP contribution in [0.4, 0.5) is 0 Å². The van der Waals surface area contributed by atoms with Crippen molar-refractivity contribution >= 4 is 48.9 Å². The highest BCUT2D eigenvalue weighted by molar-refractivity contribution is 9.10. The van der Waals surface area contributed by atoms with Crippen molar-refractivity contribution in [1.82, 2.24) is 4.57 Å². The molecular formula is C20H12BrNO. The molecule has 5 rings (SSSR count). The molecule has 0 saturated heterocycles. The highest BCUT2D eigenvalue weighted by Crippen LogP contribution is 2.41. The molecule has 0 fully saturated rings. The highest BCUT2D eigenvalue weighted by atomic mass is 79.9. The van der Waals surface area contributed by atoms with E-state index in [1.165, 1.54) is 10.8 Å². The van der Waals surface area contributed by atoms with Gasteiger partial charge in [-0.05, 0) is 40.2 Å². The summed E-state index contributed by atoms with van der Waals surface area (Å²) in [6.45, 7) is 0. The highest BCUT2D eigenvalue weighted by Gasteiger charge is 2.20. The van der Waals surface area contributed by atoms with Crippen LogP contribution in [0.5, 0.6) is 0 Å². The first-order valence-corrected chi connectivity index (χ1v) is 8.29. The number of rotatable bonds is 1. The van der Waals surface area contributed by atoms with Crippen LogP contribution in [0.1, 0.15) is 0 Å². The fraction of sp³-hybridized carbons (Fsp3) is 0. The smallest absolute Gasteiger partial charge is 0.213 e. The van der Waals surface area contributed by atoms with Gasteiger partial charge in [-0.25, -0.2) is 0 Å². The van der Waals surface area contributed by atoms with Crippen molar-refractivity contribution in [3.8, 4) is 5.69 Å². The van der Waals surface area contributed by atoms with E-state index >= 15 is 0 Å². The normalized spacial score (nSPS) is 11.7. The molecule has 0 N–H and O–H groups in total. The molecule has 0 spiro atoms. The third-order valence-corrected chi connectivity index (χ3v) is 4.91. The van der Waals surface area contributed by atoms with Crippen molar-refractivity contribution in [2.45, 2.75) is 0 Å². The van der Waals surface area contributed by atoms with Crippen molar-refractivity contribution in [2.24, 2.45) is 0 Å². The fourth-order valence-corrected chi connectivity index (χ4v) is 3.86. The molecule has 2 nitrogen and oxygen atoms in total. The number of hydrogen-bond acceptors (Lipinski definition) is 1. The second-order valence-corrected chi connectivity index (χ2v) is 6.44. The van der Waals surface area contributed by atoms with Crippen molar-refractivity contribution in [3.63, 3.8) is 0 Å². The standard InChI is InChI=1S/C20H12BrNO/c21-16-11-6-10-15-18-14-9-4-5-12-17(14)23-20(18)22(19(15)16)13-7-2-1-3-8-13/h1-12H. The predicted molar refractivity (Wildman–Crippen MR) is 98.3 cm³/mol. The van der Waals surface area contributed by atoms with Crippen LogP contribution in [0.25, 0.3) is 38.7 Å². The minimum atomic E-state index is 0.888. The van der Waals surface area contributed by atoms with E-state index in [4.69, 9.17) is 4.42 Å². The topological polar surface area (TPSA) is 18.1 Å². The molecular weight excluding hydrogens is 350 g/mol. The molecule has 0 atom stereocenters. The number of para-hydroxylation sites is 3. The first-order chi connectivity index (χ1) is 11.3. The maximum atomic E-state index is 6.22. The molecule has 0 bridgehead atoms. The zero-order valence-electron chi connectivity index (χ0n) is 12.2. The van der Waals surface area contributed by atoms with E-state index in [0.717, 1.165) is 32.4 Å². The summed E-state index contributed by atoms with van der Waals surface area (Å²) in [7, 11) is 0. The number of furan rings is 1. The number of hydrogen-bond donors (Lipinski definition) is 0. The monoisotopic (exact) mass is 361 g/mol. The minimum Gasteiger partial charge on any atom is -0.439 e. The van der Waals surface area contributed by atoms with Gasteiger partial charge in [0.25, 0.3) is 0 Å². The van der Waals surface area contributed by atoms with Gasteiger partial charge in [-0.3, -0.25) is 4.57 Å². The van der Waals surface area contributed by atoms with E-state index in [-0.39, 0.29) is 0 Å². The molecule has 0 amide bonds. The Morgan fingerprint density at radius 3 is 2.35 bits per heavy atom. The first-order valence-electron chi connectivity index (χ1n) is 7.50. The van der Waals surface area contributed by atoms with E-state index in [0.29, 0.717) is 0 Å². The third kappa shape index (κ3) is 1.74. The number of nitrogens with zero attached hydrogens (tertiary/aromatic N) is 1. The lowest BCUT2D eigenvalue weighted by atomic mass is 10.1. The third-order valence-electron chi connectivity index (χ3n) is 4.27. The quantitative estimate of drug-likeness (QED) is 0.343. The summed E-state index contributed by atoms with van der Waals surface area (Å²) in [4.78, 5) is 0. The van der Waals surface area contributed by atoms with Crippen LogP contribution in [0, 0.1) is 0 Å². The molecule has 5 aromatic rings. The van der Waals surface area contributed by atoms with Gasteiger partial charge in [0.1, 0.15) is 5.58 Å². The maximum Gasteiger partial charge on any atom is 0.213 e. The summed E-state index contributed by atoms with van der Waals surface area (Å²) in [5.74, 6) is 0. The maximum absolute atomic E-state index is 6.22. The molecule has 0 saturated carbocycles. The zero-order valence-corrected chi connectivity index (χ0v) is 13.7. The van der Waals surface area contributed by atoms with Gasteiger partial charge in [0.2, 0.25) is 5.71 Å². The Morgan fingerprint density at radius 1 is 0.739 bits per heavy atom. The summed E-state index contributed by atoms with van der Waals surface area (Å²) in [5, 5.41) is 3.52. The number of benzene rings is 3. The fourth-order valence-electron chi connectivity index (χ4n) is 3.32. The van der Waals surface area contributed by atoms with Gasteiger partial charge in [0, 0.05) is 20.9 Å². The SMILES string of the molecule is Brc1cccc2c3c4ccccc4oc3n(-c3ccccc3)c12. The summed E-state index contributed by atoms with van der Waals surface area (Å²) >= 11 is 3.71. The number of halogens is 1. The predicted octanol–water partition coefficient (Wildman–Crippen LogP) is 6.29. The van der Waals surface area contributed by atoms with E-state index in [2.05, 4.69) is 63.0 Å². The lowest BCUT2D eigenvalue weighted by molar-refractivity contribution is 0.645. The van der Waals surface area contributed by atoms with Crippen LogP contribution in [-0.2, 0) is 0 Å². The molecule has 23 heavy (non-hydrogen) atoms. The van der Waals surface area contributed by atoms with E-state index < -0.39 is 0 Å². The summed E-state index contributed by atoms with van der Waals surface area (Å²) in [6, 6.07) is 24.8. The van der Waals surface area contributed by atoms with Crippen LogP contribution in [0.15, 0.2) is 81.7 Å². The number of aromatic nitrogens is 1. The molecule has 0 aliphatic rings. The van der Waals surface area contributed by atoms with Crippen LogP contribution >= 0.6 is 15.9 Å². The lowest BCUT2D eigenvalue weighted by Crippen LogP contribution is -1.93. The van der Waals surface area contributed by atoms with E-state index in [9.17, 15) is 0 Å². The minimum absolute atomic E-state index is 0.888. The molecule has 110 valence electrons. The van der Waals surface area contributed by atoms with Gasteiger partial charge in [-0.15, -0.1) is 0 Å². The Morgan fingerprint density at radius 2 is 1.48 bits per heavy atom. The van der Waals surface area contributed by atoms with Crippen molar-refractivity contribution in [3.05, 3.63) is 77.3 Å². The van der Waals surface area contributed by atoms with Gasteiger partial charge in [0.05, 0.1) is 10.9 Å². The van der Waals surface area contributed by atoms with Crippen LogP contribution in [0.3, 0.4) is 0 Å². The largest absolute Gasteiger partial charge is 0.439 e. The van der Waals surface area contributed by atoms with Gasteiger partial charge >= 0.3 is 0 Å². The molecule has 3 aromatic carbocycles. The average molecular weight is 362 g/mol. The van der Waals surface area contributed by atoms with Crippen molar-refractivity contribution < 1.29 is 4.42 Å². The summed E-state index contributed by atoms with van der Waals surface area (Å²) in [5.41, 5.74) is 4.04. The Hall–Kier alpha value is -2.52. The Bertz CT molecular complexity index is 1170. The molecule has 0 aliphatic carbocycles. The number of fused-ring (bicyclic) bond motifs is 5. The van der Waals surface area contributed by atoms with E-state index in [1.54, 1.807) is 0 Å². The van der Waals surface area contributed by atoms with Gasteiger partial charge in [0.15, 0.2) is 0 Å². The summed E-state index contributed by atoms with van der Waals surface area (Å²) < 4.78 is 9.47. The van der Waals surface area contributed by atoms with Gasteiger partial charge < -0.3 is 4.42 Å². The van der Waals surface area contributed by atoms with Gasteiger partial charge in [-0.1, -0.05) is 48.5 Å². The molecule has 0 radical (unpaired) electrons.